The molecule has 0 bridgehead atoms. The van der Waals surface area contributed by atoms with E-state index in [4.69, 9.17) is 0 Å². The second kappa shape index (κ2) is 6.90. The minimum Gasteiger partial charge on any atom is -0.300 e. The molecule has 17 heavy (non-hydrogen) atoms. The lowest BCUT2D eigenvalue weighted by molar-refractivity contribution is -0.121. The molecule has 1 aliphatic heterocycles. The number of carbonyl (C=O) groups is 2. The zero-order valence-corrected chi connectivity index (χ0v) is 11.4. The quantitative estimate of drug-likeness (QED) is 0.715. The van der Waals surface area contributed by atoms with Gasteiger partial charge in [0.1, 0.15) is 11.6 Å². The number of ketones is 2. The van der Waals surface area contributed by atoms with Crippen molar-refractivity contribution in [2.24, 2.45) is 0 Å². The number of piperidine rings is 1. The van der Waals surface area contributed by atoms with E-state index in [2.05, 4.69) is 11.9 Å². The highest BCUT2D eigenvalue weighted by molar-refractivity contribution is 5.79. The summed E-state index contributed by atoms with van der Waals surface area (Å²) < 4.78 is 0. The Morgan fingerprint density at radius 2 is 1.41 bits per heavy atom. The summed E-state index contributed by atoms with van der Waals surface area (Å²) in [5, 5.41) is 0. The van der Waals surface area contributed by atoms with Crippen molar-refractivity contribution in [1.29, 1.82) is 0 Å². The van der Waals surface area contributed by atoms with Crippen molar-refractivity contribution in [2.75, 3.05) is 7.05 Å². The van der Waals surface area contributed by atoms with E-state index in [1.54, 1.807) is 0 Å². The van der Waals surface area contributed by atoms with Crippen LogP contribution in [-0.2, 0) is 9.59 Å². The van der Waals surface area contributed by atoms with Gasteiger partial charge in [0.15, 0.2) is 0 Å². The zero-order valence-electron chi connectivity index (χ0n) is 11.4. The van der Waals surface area contributed by atoms with E-state index >= 15 is 0 Å². The van der Waals surface area contributed by atoms with Gasteiger partial charge in [0, 0.05) is 37.8 Å². The Hall–Kier alpha value is -0.700. The Labute approximate surface area is 105 Å². The monoisotopic (exact) mass is 239 g/mol. The van der Waals surface area contributed by atoms with Gasteiger partial charge in [-0.3, -0.25) is 14.5 Å². The third-order valence-corrected chi connectivity index (χ3v) is 3.94. The summed E-state index contributed by atoms with van der Waals surface area (Å²) in [5.41, 5.74) is 0. The lowest BCUT2D eigenvalue weighted by Crippen LogP contribution is -2.45. The summed E-state index contributed by atoms with van der Waals surface area (Å²) in [6.45, 7) is 3.84. The van der Waals surface area contributed by atoms with Gasteiger partial charge >= 0.3 is 0 Å². The maximum atomic E-state index is 11.5. The van der Waals surface area contributed by atoms with Crippen molar-refractivity contribution in [3.8, 4) is 0 Å². The van der Waals surface area contributed by atoms with Gasteiger partial charge in [0.25, 0.3) is 0 Å². The number of rotatable bonds is 6. The molecule has 1 heterocycles. The van der Waals surface area contributed by atoms with Crippen LogP contribution in [0.5, 0.6) is 0 Å². The van der Waals surface area contributed by atoms with Crippen molar-refractivity contribution >= 4 is 11.6 Å². The van der Waals surface area contributed by atoms with E-state index in [9.17, 15) is 9.59 Å². The van der Waals surface area contributed by atoms with Gasteiger partial charge in [-0.25, -0.2) is 0 Å². The van der Waals surface area contributed by atoms with Gasteiger partial charge in [0.05, 0.1) is 0 Å². The van der Waals surface area contributed by atoms with Crippen molar-refractivity contribution in [3.05, 3.63) is 0 Å². The first-order chi connectivity index (χ1) is 8.08. The molecule has 0 saturated carbocycles. The minimum absolute atomic E-state index is 0.337. The van der Waals surface area contributed by atoms with E-state index in [0.717, 1.165) is 19.3 Å². The van der Waals surface area contributed by atoms with Crippen LogP contribution in [0.25, 0.3) is 0 Å². The van der Waals surface area contributed by atoms with Crippen LogP contribution in [0.15, 0.2) is 0 Å². The van der Waals surface area contributed by atoms with Gasteiger partial charge in [-0.05, 0) is 19.9 Å². The first-order valence-corrected chi connectivity index (χ1v) is 6.83. The fraction of sp³-hybridized carbons (Fsp3) is 0.857. The predicted octanol–water partition coefficient (Wildman–Crippen LogP) is 2.58. The van der Waals surface area contributed by atoms with Crippen LogP contribution in [0.3, 0.4) is 0 Å². The lowest BCUT2D eigenvalue weighted by atomic mass is 9.90. The molecular formula is C14H25NO2. The molecule has 0 N–H and O–H groups in total. The van der Waals surface area contributed by atoms with E-state index in [0.29, 0.717) is 49.3 Å². The summed E-state index contributed by atoms with van der Waals surface area (Å²) in [4.78, 5) is 25.3. The second-order valence-corrected chi connectivity index (χ2v) is 5.10. The van der Waals surface area contributed by atoms with Gasteiger partial charge < -0.3 is 0 Å². The van der Waals surface area contributed by atoms with Crippen LogP contribution in [-0.4, -0.2) is 35.6 Å². The molecule has 0 radical (unpaired) electrons. The first kappa shape index (κ1) is 14.4. The SMILES string of the molecule is CCC(=O)C[C@H]1CCC[C@H](CC(=O)CC)N1C. The fourth-order valence-corrected chi connectivity index (χ4v) is 2.60. The molecule has 1 fully saturated rings. The molecule has 0 aromatic carbocycles. The summed E-state index contributed by atoms with van der Waals surface area (Å²) in [6.07, 6.45) is 5.91. The highest BCUT2D eigenvalue weighted by atomic mass is 16.1. The third kappa shape index (κ3) is 4.23. The van der Waals surface area contributed by atoms with E-state index in [1.807, 2.05) is 13.8 Å². The highest BCUT2D eigenvalue weighted by Crippen LogP contribution is 2.26. The van der Waals surface area contributed by atoms with Crippen LogP contribution in [0, 0.1) is 0 Å². The van der Waals surface area contributed by atoms with Gasteiger partial charge in [-0.2, -0.15) is 0 Å². The lowest BCUT2D eigenvalue weighted by Gasteiger charge is -2.39. The molecule has 98 valence electrons. The molecule has 0 spiro atoms. The smallest absolute Gasteiger partial charge is 0.134 e. The Kier molecular flexibility index (Phi) is 5.83. The summed E-state index contributed by atoms with van der Waals surface area (Å²) >= 11 is 0. The highest BCUT2D eigenvalue weighted by Gasteiger charge is 2.29. The molecule has 1 aliphatic rings. The number of Topliss-reactive ketones (excluding diaryl/α,β-unsaturated/α-hetero) is 2. The molecule has 1 saturated heterocycles. The third-order valence-electron chi connectivity index (χ3n) is 3.94. The number of hydrogen-bond acceptors (Lipinski definition) is 3. The Bertz CT molecular complexity index is 249. The molecule has 0 aliphatic carbocycles. The van der Waals surface area contributed by atoms with Crippen LogP contribution < -0.4 is 0 Å². The molecule has 3 heteroatoms. The number of nitrogens with zero attached hydrogens (tertiary/aromatic N) is 1. The fourth-order valence-electron chi connectivity index (χ4n) is 2.60. The Balaban J connectivity index is 2.52. The summed E-state index contributed by atoms with van der Waals surface area (Å²) in [7, 11) is 2.07. The van der Waals surface area contributed by atoms with E-state index in [1.165, 1.54) is 0 Å². The van der Waals surface area contributed by atoms with Crippen molar-refractivity contribution in [3.63, 3.8) is 0 Å². The van der Waals surface area contributed by atoms with Crippen LogP contribution in [0.1, 0.15) is 58.8 Å². The van der Waals surface area contributed by atoms with Crippen LogP contribution in [0.2, 0.25) is 0 Å². The van der Waals surface area contributed by atoms with Crippen molar-refractivity contribution < 1.29 is 9.59 Å². The molecule has 0 unspecified atom stereocenters. The Morgan fingerprint density at radius 3 is 1.76 bits per heavy atom. The topological polar surface area (TPSA) is 37.4 Å². The van der Waals surface area contributed by atoms with Crippen LogP contribution in [0.4, 0.5) is 0 Å². The molecule has 2 atom stereocenters. The molecule has 0 aromatic rings. The predicted molar refractivity (Wildman–Crippen MR) is 69.0 cm³/mol. The molecule has 0 aromatic heterocycles. The van der Waals surface area contributed by atoms with Crippen LogP contribution >= 0.6 is 0 Å². The number of carbonyl (C=O) groups excluding carboxylic acids is 2. The number of likely N-dealkylation sites (tertiary alicyclic amines) is 1. The molecule has 3 nitrogen and oxygen atoms in total. The standard InChI is InChI=1S/C14H25NO2/c1-4-13(16)9-11-7-6-8-12(15(11)3)10-14(17)5-2/h11-12H,4-10H2,1-3H3/t11-,12-/m1/s1. The van der Waals surface area contributed by atoms with Crippen molar-refractivity contribution in [1.82, 2.24) is 4.90 Å². The van der Waals surface area contributed by atoms with Gasteiger partial charge in [0.2, 0.25) is 0 Å². The van der Waals surface area contributed by atoms with E-state index < -0.39 is 0 Å². The number of hydrogen-bond donors (Lipinski definition) is 0. The average Bonchev–Trinajstić information content (AvgIpc) is 2.33. The minimum atomic E-state index is 0.337. The van der Waals surface area contributed by atoms with Gasteiger partial charge in [-0.1, -0.05) is 20.3 Å². The maximum absolute atomic E-state index is 11.5. The second-order valence-electron chi connectivity index (χ2n) is 5.10. The maximum Gasteiger partial charge on any atom is 0.134 e. The summed E-state index contributed by atoms with van der Waals surface area (Å²) in [6, 6.07) is 0.705. The van der Waals surface area contributed by atoms with Gasteiger partial charge in [-0.15, -0.1) is 0 Å². The molecule has 0 amide bonds. The first-order valence-electron chi connectivity index (χ1n) is 6.83. The zero-order chi connectivity index (χ0) is 12.8. The normalized spacial score (nSPS) is 25.8. The van der Waals surface area contributed by atoms with Crippen molar-refractivity contribution in [2.45, 2.75) is 70.9 Å². The molecular weight excluding hydrogens is 214 g/mol. The average molecular weight is 239 g/mol. The summed E-state index contributed by atoms with van der Waals surface area (Å²) in [5.74, 6) is 0.675. The molecule has 1 rings (SSSR count). The Morgan fingerprint density at radius 1 is 1.00 bits per heavy atom. The largest absolute Gasteiger partial charge is 0.300 e. The van der Waals surface area contributed by atoms with E-state index in [-0.39, 0.29) is 0 Å².